The zero-order valence-electron chi connectivity index (χ0n) is 8.26. The van der Waals surface area contributed by atoms with Crippen molar-refractivity contribution in [3.63, 3.8) is 0 Å². The molecule has 0 unspecified atom stereocenters. The van der Waals surface area contributed by atoms with Crippen molar-refractivity contribution in [2.24, 2.45) is 11.3 Å². The van der Waals surface area contributed by atoms with E-state index in [0.29, 0.717) is 12.8 Å². The van der Waals surface area contributed by atoms with E-state index >= 15 is 0 Å². The molecule has 0 radical (unpaired) electrons. The molecule has 0 aromatic heterocycles. The number of hydrogen-bond acceptors (Lipinski definition) is 5. The van der Waals surface area contributed by atoms with Crippen LogP contribution in [0.1, 0.15) is 12.8 Å². The summed E-state index contributed by atoms with van der Waals surface area (Å²) in [6.07, 6.45) is 0.844. The molecular formula is C9H20O5. The van der Waals surface area contributed by atoms with Crippen LogP contribution < -0.4 is 0 Å². The molecule has 5 heteroatoms. The average molecular weight is 208 g/mol. The summed E-state index contributed by atoms with van der Waals surface area (Å²) in [7, 11) is 0. The molecule has 0 aliphatic carbocycles. The topological polar surface area (TPSA) is 101 Å². The average Bonchev–Trinajstić information content (AvgIpc) is 2.26. The summed E-state index contributed by atoms with van der Waals surface area (Å²) in [4.78, 5) is 0. The summed E-state index contributed by atoms with van der Waals surface area (Å²) in [5, 5.41) is 44.6. The van der Waals surface area contributed by atoms with E-state index < -0.39 is 5.41 Å². The lowest BCUT2D eigenvalue weighted by Gasteiger charge is -2.28. The SMILES string of the molecule is OCC(CO)CCC(CO)(CO)CO. The van der Waals surface area contributed by atoms with E-state index in [1.165, 1.54) is 0 Å². The first-order valence-electron chi connectivity index (χ1n) is 4.72. The van der Waals surface area contributed by atoms with Crippen LogP contribution in [0.3, 0.4) is 0 Å². The van der Waals surface area contributed by atoms with Crippen molar-refractivity contribution in [2.45, 2.75) is 12.8 Å². The zero-order valence-corrected chi connectivity index (χ0v) is 8.26. The van der Waals surface area contributed by atoms with Gasteiger partial charge in [0.25, 0.3) is 0 Å². The van der Waals surface area contributed by atoms with E-state index in [-0.39, 0.29) is 39.0 Å². The molecule has 0 saturated carbocycles. The number of rotatable bonds is 8. The first-order valence-corrected chi connectivity index (χ1v) is 4.72. The van der Waals surface area contributed by atoms with Gasteiger partial charge in [-0.15, -0.1) is 0 Å². The Morgan fingerprint density at radius 3 is 1.50 bits per heavy atom. The van der Waals surface area contributed by atoms with Crippen LogP contribution in [0.5, 0.6) is 0 Å². The van der Waals surface area contributed by atoms with Crippen LogP contribution in [0.4, 0.5) is 0 Å². The van der Waals surface area contributed by atoms with Crippen molar-refractivity contribution in [3.05, 3.63) is 0 Å². The lowest BCUT2D eigenvalue weighted by atomic mass is 9.83. The minimum absolute atomic E-state index is 0.130. The molecule has 86 valence electrons. The van der Waals surface area contributed by atoms with Crippen molar-refractivity contribution in [2.75, 3.05) is 33.0 Å². The standard InChI is InChI=1S/C9H20O5/c10-3-8(4-11)1-2-9(5-12,6-13)7-14/h8,10-14H,1-7H2. The highest BCUT2D eigenvalue weighted by Gasteiger charge is 2.28. The second-order valence-electron chi connectivity index (χ2n) is 3.74. The fourth-order valence-corrected chi connectivity index (χ4v) is 1.14. The van der Waals surface area contributed by atoms with E-state index in [0.717, 1.165) is 0 Å². The summed E-state index contributed by atoms with van der Waals surface area (Å²) in [6, 6.07) is 0. The van der Waals surface area contributed by atoms with Gasteiger partial charge in [0.05, 0.1) is 19.8 Å². The Kier molecular flexibility index (Phi) is 7.04. The predicted molar refractivity (Wildman–Crippen MR) is 50.6 cm³/mol. The molecular weight excluding hydrogens is 188 g/mol. The van der Waals surface area contributed by atoms with E-state index in [9.17, 15) is 0 Å². The lowest BCUT2D eigenvalue weighted by Crippen LogP contribution is -2.34. The third kappa shape index (κ3) is 3.89. The summed E-state index contributed by atoms with van der Waals surface area (Å²) >= 11 is 0. The van der Waals surface area contributed by atoms with Gasteiger partial charge in [-0.2, -0.15) is 0 Å². The van der Waals surface area contributed by atoms with Gasteiger partial charge >= 0.3 is 0 Å². The molecule has 0 atom stereocenters. The highest BCUT2D eigenvalue weighted by Crippen LogP contribution is 2.24. The molecule has 0 aromatic carbocycles. The van der Waals surface area contributed by atoms with Crippen molar-refractivity contribution < 1.29 is 25.5 Å². The monoisotopic (exact) mass is 208 g/mol. The molecule has 0 aliphatic heterocycles. The van der Waals surface area contributed by atoms with Crippen LogP contribution in [-0.2, 0) is 0 Å². The van der Waals surface area contributed by atoms with Gasteiger partial charge in [0.1, 0.15) is 0 Å². The molecule has 5 nitrogen and oxygen atoms in total. The maximum Gasteiger partial charge on any atom is 0.0531 e. The Morgan fingerprint density at radius 1 is 0.786 bits per heavy atom. The van der Waals surface area contributed by atoms with Gasteiger partial charge in [0.15, 0.2) is 0 Å². The zero-order chi connectivity index (χ0) is 11.0. The molecule has 0 spiro atoms. The molecule has 0 bridgehead atoms. The Labute approximate surface area is 83.6 Å². The second-order valence-corrected chi connectivity index (χ2v) is 3.74. The number of aliphatic hydroxyl groups is 5. The minimum atomic E-state index is -0.900. The molecule has 0 fully saturated rings. The highest BCUT2D eigenvalue weighted by molar-refractivity contribution is 4.78. The number of aliphatic hydroxyl groups excluding tert-OH is 5. The van der Waals surface area contributed by atoms with Gasteiger partial charge in [-0.1, -0.05) is 0 Å². The Morgan fingerprint density at radius 2 is 1.21 bits per heavy atom. The summed E-state index contributed by atoms with van der Waals surface area (Å²) in [6.45, 7) is -1.17. The van der Waals surface area contributed by atoms with Crippen LogP contribution in [0.2, 0.25) is 0 Å². The summed E-state index contributed by atoms with van der Waals surface area (Å²) in [5.41, 5.74) is -0.900. The van der Waals surface area contributed by atoms with Crippen LogP contribution in [0, 0.1) is 11.3 Å². The van der Waals surface area contributed by atoms with Crippen LogP contribution in [-0.4, -0.2) is 58.6 Å². The first kappa shape index (κ1) is 13.8. The van der Waals surface area contributed by atoms with Crippen molar-refractivity contribution >= 4 is 0 Å². The van der Waals surface area contributed by atoms with Gasteiger partial charge in [0, 0.05) is 24.5 Å². The predicted octanol–water partition coefficient (Wildman–Crippen LogP) is -1.67. The van der Waals surface area contributed by atoms with Crippen LogP contribution >= 0.6 is 0 Å². The lowest BCUT2D eigenvalue weighted by molar-refractivity contribution is -0.00887. The molecule has 0 rings (SSSR count). The molecule has 0 aromatic rings. The smallest absolute Gasteiger partial charge is 0.0531 e. The molecule has 0 heterocycles. The van der Waals surface area contributed by atoms with Crippen LogP contribution in [0.25, 0.3) is 0 Å². The van der Waals surface area contributed by atoms with E-state index in [2.05, 4.69) is 0 Å². The van der Waals surface area contributed by atoms with E-state index in [1.54, 1.807) is 0 Å². The summed E-state index contributed by atoms with van der Waals surface area (Å²) in [5.74, 6) is -0.251. The second kappa shape index (κ2) is 7.14. The Bertz CT molecular complexity index is 123. The third-order valence-corrected chi connectivity index (χ3v) is 2.61. The molecule has 0 saturated heterocycles. The van der Waals surface area contributed by atoms with Crippen LogP contribution in [0.15, 0.2) is 0 Å². The molecule has 5 N–H and O–H groups in total. The normalized spacial score (nSPS) is 12.4. The maximum absolute atomic E-state index is 8.99. The molecule has 0 aliphatic rings. The van der Waals surface area contributed by atoms with Gasteiger partial charge in [-0.3, -0.25) is 0 Å². The van der Waals surface area contributed by atoms with Crippen molar-refractivity contribution in [1.82, 2.24) is 0 Å². The van der Waals surface area contributed by atoms with E-state index in [4.69, 9.17) is 25.5 Å². The van der Waals surface area contributed by atoms with E-state index in [1.807, 2.05) is 0 Å². The van der Waals surface area contributed by atoms with Gasteiger partial charge in [0.2, 0.25) is 0 Å². The maximum atomic E-state index is 8.99. The minimum Gasteiger partial charge on any atom is -0.396 e. The number of hydrogen-bond donors (Lipinski definition) is 5. The third-order valence-electron chi connectivity index (χ3n) is 2.61. The molecule has 0 amide bonds. The largest absolute Gasteiger partial charge is 0.396 e. The van der Waals surface area contributed by atoms with Crippen molar-refractivity contribution in [3.8, 4) is 0 Å². The Balaban J connectivity index is 4.04. The fourth-order valence-electron chi connectivity index (χ4n) is 1.14. The fraction of sp³-hybridized carbons (Fsp3) is 1.00. The van der Waals surface area contributed by atoms with Gasteiger partial charge in [-0.25, -0.2) is 0 Å². The molecule has 14 heavy (non-hydrogen) atoms. The first-order chi connectivity index (χ1) is 6.67. The quantitative estimate of drug-likeness (QED) is 0.328. The summed E-state index contributed by atoms with van der Waals surface area (Å²) < 4.78 is 0. The van der Waals surface area contributed by atoms with Gasteiger partial charge < -0.3 is 25.5 Å². The highest BCUT2D eigenvalue weighted by atomic mass is 16.3. The van der Waals surface area contributed by atoms with Gasteiger partial charge in [-0.05, 0) is 12.8 Å². The van der Waals surface area contributed by atoms with Crippen molar-refractivity contribution in [1.29, 1.82) is 0 Å². The Hall–Kier alpha value is -0.200.